The summed E-state index contributed by atoms with van der Waals surface area (Å²) in [6.45, 7) is 4.21. The average molecular weight is 235 g/mol. The van der Waals surface area contributed by atoms with Gasteiger partial charge in [0.25, 0.3) is 0 Å². The molecular formula is C13H21N3O. The topological polar surface area (TPSA) is 50.1 Å². The molecule has 2 unspecified atom stereocenters. The molecule has 2 fully saturated rings. The molecule has 2 aliphatic rings. The summed E-state index contributed by atoms with van der Waals surface area (Å²) >= 11 is 0. The third-order valence-electron chi connectivity index (χ3n) is 4.17. The summed E-state index contributed by atoms with van der Waals surface area (Å²) in [4.78, 5) is 0. The summed E-state index contributed by atoms with van der Waals surface area (Å²) in [7, 11) is 0. The monoisotopic (exact) mass is 235 g/mol. The lowest BCUT2D eigenvalue weighted by Crippen LogP contribution is -2.46. The first-order chi connectivity index (χ1) is 8.07. The molecule has 2 atom stereocenters. The highest BCUT2D eigenvalue weighted by molar-refractivity contribution is 5.19. The lowest BCUT2D eigenvalue weighted by molar-refractivity contribution is -0.0115. The van der Waals surface area contributed by atoms with E-state index in [1.54, 1.807) is 0 Å². The van der Waals surface area contributed by atoms with Gasteiger partial charge in [0, 0.05) is 29.9 Å². The zero-order chi connectivity index (χ0) is 12.0. The van der Waals surface area contributed by atoms with E-state index < -0.39 is 5.60 Å². The predicted octanol–water partition coefficient (Wildman–Crippen LogP) is 1.57. The lowest BCUT2D eigenvalue weighted by atomic mass is 9.83. The van der Waals surface area contributed by atoms with E-state index in [0.717, 1.165) is 18.4 Å². The molecule has 17 heavy (non-hydrogen) atoms. The van der Waals surface area contributed by atoms with Crippen molar-refractivity contribution in [2.24, 2.45) is 0 Å². The molecule has 0 aliphatic carbocycles. The maximum absolute atomic E-state index is 10.8. The van der Waals surface area contributed by atoms with Crippen molar-refractivity contribution < 1.29 is 5.11 Å². The van der Waals surface area contributed by atoms with Gasteiger partial charge in [-0.15, -0.1) is 0 Å². The second-order valence-corrected chi connectivity index (χ2v) is 5.88. The van der Waals surface area contributed by atoms with Gasteiger partial charge in [0.05, 0.1) is 11.8 Å². The molecule has 94 valence electrons. The second kappa shape index (κ2) is 3.82. The molecule has 0 amide bonds. The third kappa shape index (κ3) is 1.89. The summed E-state index contributed by atoms with van der Waals surface area (Å²) in [5, 5.41) is 18.7. The van der Waals surface area contributed by atoms with Crippen LogP contribution < -0.4 is 5.32 Å². The molecule has 1 aromatic rings. The first-order valence-electron chi connectivity index (χ1n) is 6.60. The standard InChI is InChI=1S/C13H21N3O/c1-9(2)16-8-10(7-14-16)13(17)5-11-3-4-12(6-13)15-11/h7-9,11-12,15,17H,3-6H2,1-2H3. The maximum atomic E-state index is 10.8. The number of aliphatic hydroxyl groups is 1. The van der Waals surface area contributed by atoms with Crippen molar-refractivity contribution in [3.8, 4) is 0 Å². The van der Waals surface area contributed by atoms with E-state index in [1.165, 1.54) is 12.8 Å². The normalized spacial score (nSPS) is 36.7. The zero-order valence-electron chi connectivity index (χ0n) is 10.6. The van der Waals surface area contributed by atoms with Crippen LogP contribution in [0.1, 0.15) is 51.1 Å². The Bertz CT molecular complexity index is 401. The molecule has 2 aliphatic heterocycles. The predicted molar refractivity (Wildman–Crippen MR) is 65.7 cm³/mol. The Labute approximate surface area is 102 Å². The van der Waals surface area contributed by atoms with E-state index in [9.17, 15) is 5.11 Å². The van der Waals surface area contributed by atoms with E-state index in [0.29, 0.717) is 18.1 Å². The molecule has 2 bridgehead atoms. The quantitative estimate of drug-likeness (QED) is 0.818. The van der Waals surface area contributed by atoms with Crippen LogP contribution in [0.15, 0.2) is 12.4 Å². The fourth-order valence-electron chi connectivity index (χ4n) is 3.22. The molecule has 3 rings (SSSR count). The summed E-state index contributed by atoms with van der Waals surface area (Å²) in [6, 6.07) is 1.33. The van der Waals surface area contributed by atoms with Crippen LogP contribution in [-0.2, 0) is 5.60 Å². The van der Waals surface area contributed by atoms with Crippen LogP contribution in [0.2, 0.25) is 0 Å². The number of piperidine rings is 1. The van der Waals surface area contributed by atoms with Gasteiger partial charge in [0.15, 0.2) is 0 Å². The van der Waals surface area contributed by atoms with Gasteiger partial charge in [-0.1, -0.05) is 0 Å². The van der Waals surface area contributed by atoms with Gasteiger partial charge >= 0.3 is 0 Å². The Hall–Kier alpha value is -0.870. The van der Waals surface area contributed by atoms with Crippen molar-refractivity contribution in [1.82, 2.24) is 15.1 Å². The highest BCUT2D eigenvalue weighted by Crippen LogP contribution is 2.40. The summed E-state index contributed by atoms with van der Waals surface area (Å²) in [5.41, 5.74) is 0.328. The van der Waals surface area contributed by atoms with Crippen LogP contribution >= 0.6 is 0 Å². The third-order valence-corrected chi connectivity index (χ3v) is 4.17. The fourth-order valence-corrected chi connectivity index (χ4v) is 3.22. The van der Waals surface area contributed by atoms with Gasteiger partial charge < -0.3 is 10.4 Å². The average Bonchev–Trinajstić information content (AvgIpc) is 2.85. The number of rotatable bonds is 2. The van der Waals surface area contributed by atoms with Crippen molar-refractivity contribution in [2.45, 2.75) is 63.3 Å². The molecule has 2 N–H and O–H groups in total. The second-order valence-electron chi connectivity index (χ2n) is 5.88. The molecule has 0 aromatic carbocycles. The highest BCUT2D eigenvalue weighted by Gasteiger charge is 2.44. The number of aromatic nitrogens is 2. The van der Waals surface area contributed by atoms with Crippen LogP contribution in [0, 0.1) is 0 Å². The van der Waals surface area contributed by atoms with E-state index >= 15 is 0 Å². The zero-order valence-corrected chi connectivity index (χ0v) is 10.6. The number of fused-ring (bicyclic) bond motifs is 2. The molecule has 2 saturated heterocycles. The minimum absolute atomic E-state index is 0.353. The minimum atomic E-state index is -0.662. The number of hydrogen-bond donors (Lipinski definition) is 2. The first kappa shape index (κ1) is 11.2. The van der Waals surface area contributed by atoms with Crippen LogP contribution in [-0.4, -0.2) is 27.0 Å². The Morgan fingerprint density at radius 1 is 1.41 bits per heavy atom. The molecule has 4 nitrogen and oxygen atoms in total. The number of nitrogens with one attached hydrogen (secondary N) is 1. The molecule has 0 saturated carbocycles. The SMILES string of the molecule is CC(C)n1cc(C2(O)CC3CCC(C2)N3)cn1. The van der Waals surface area contributed by atoms with Crippen molar-refractivity contribution in [3.63, 3.8) is 0 Å². The molecule has 1 aromatic heterocycles. The van der Waals surface area contributed by atoms with Gasteiger partial charge in [-0.05, 0) is 39.5 Å². The van der Waals surface area contributed by atoms with Crippen LogP contribution in [0.25, 0.3) is 0 Å². The Balaban J connectivity index is 1.86. The Kier molecular flexibility index (Phi) is 2.52. The Morgan fingerprint density at radius 3 is 2.59 bits per heavy atom. The summed E-state index contributed by atoms with van der Waals surface area (Å²) in [6.07, 6.45) is 7.90. The molecule has 0 radical (unpaired) electrons. The molecule has 3 heterocycles. The van der Waals surface area contributed by atoms with Gasteiger partial charge in [0.2, 0.25) is 0 Å². The largest absolute Gasteiger partial charge is 0.385 e. The highest BCUT2D eigenvalue weighted by atomic mass is 16.3. The molecular weight excluding hydrogens is 214 g/mol. The first-order valence-corrected chi connectivity index (χ1v) is 6.60. The van der Waals surface area contributed by atoms with Gasteiger partial charge in [-0.3, -0.25) is 4.68 Å². The number of hydrogen-bond acceptors (Lipinski definition) is 3. The van der Waals surface area contributed by atoms with Gasteiger partial charge in [-0.25, -0.2) is 0 Å². The Morgan fingerprint density at radius 2 is 2.06 bits per heavy atom. The summed E-state index contributed by atoms with van der Waals surface area (Å²) in [5.74, 6) is 0. The van der Waals surface area contributed by atoms with Crippen molar-refractivity contribution >= 4 is 0 Å². The molecule has 0 spiro atoms. The number of nitrogens with zero attached hydrogens (tertiary/aromatic N) is 2. The fraction of sp³-hybridized carbons (Fsp3) is 0.769. The van der Waals surface area contributed by atoms with E-state index in [1.807, 2.05) is 17.1 Å². The lowest BCUT2D eigenvalue weighted by Gasteiger charge is -2.36. The molecule has 4 heteroatoms. The van der Waals surface area contributed by atoms with Gasteiger partial charge in [0.1, 0.15) is 0 Å². The van der Waals surface area contributed by atoms with Crippen molar-refractivity contribution in [3.05, 3.63) is 18.0 Å². The minimum Gasteiger partial charge on any atom is -0.385 e. The van der Waals surface area contributed by atoms with Crippen LogP contribution in [0.3, 0.4) is 0 Å². The van der Waals surface area contributed by atoms with E-state index in [2.05, 4.69) is 24.3 Å². The van der Waals surface area contributed by atoms with Crippen molar-refractivity contribution in [1.29, 1.82) is 0 Å². The smallest absolute Gasteiger partial charge is 0.0956 e. The van der Waals surface area contributed by atoms with Gasteiger partial charge in [-0.2, -0.15) is 5.10 Å². The summed E-state index contributed by atoms with van der Waals surface area (Å²) < 4.78 is 1.93. The van der Waals surface area contributed by atoms with Crippen LogP contribution in [0.5, 0.6) is 0 Å². The van der Waals surface area contributed by atoms with E-state index in [4.69, 9.17) is 0 Å². The van der Waals surface area contributed by atoms with E-state index in [-0.39, 0.29) is 0 Å². The van der Waals surface area contributed by atoms with Crippen LogP contribution in [0.4, 0.5) is 0 Å². The van der Waals surface area contributed by atoms with Crippen molar-refractivity contribution in [2.75, 3.05) is 0 Å². The maximum Gasteiger partial charge on any atom is 0.0956 e.